The molecular formula is C65H57F4N5Pt. The molecule has 5 nitrogen and oxygen atoms in total. The summed E-state index contributed by atoms with van der Waals surface area (Å²) in [5, 5.41) is 2.44. The summed E-state index contributed by atoms with van der Waals surface area (Å²) in [6.45, 7) is 11.1. The molecule has 0 amide bonds. The van der Waals surface area contributed by atoms with Crippen molar-refractivity contribution in [3.63, 3.8) is 0 Å². The van der Waals surface area contributed by atoms with Crippen LogP contribution in [0, 0.1) is 35.4 Å². The molecule has 0 aliphatic carbocycles. The SMILES string of the molecule is CCCC(CC)n1c2ccccc2c2cc(CCN(c3ccccc3)c3cc(-c4[c-]cc(F)cc4F)nc(C(C)(C)c4cc(N(c5ccccc5)c5ccc(CC)cc5)cc(-c5[c-]cc(F)cc5F)n4)c3)ccc21.[Pt+2]. The van der Waals surface area contributed by atoms with E-state index in [-0.39, 0.29) is 43.6 Å². The minimum atomic E-state index is -1.08. The molecule has 0 radical (unpaired) electrons. The summed E-state index contributed by atoms with van der Waals surface area (Å²) in [5.41, 5.74) is 9.14. The van der Waals surface area contributed by atoms with E-state index < -0.39 is 28.7 Å². The Labute approximate surface area is 451 Å². The molecule has 10 rings (SSSR count). The number of anilines is 5. The summed E-state index contributed by atoms with van der Waals surface area (Å²) in [5.74, 6) is -3.13. The van der Waals surface area contributed by atoms with E-state index in [1.54, 1.807) is 6.07 Å². The number of pyridine rings is 2. The number of aromatic nitrogens is 3. The molecule has 0 fully saturated rings. The first-order valence-electron chi connectivity index (χ1n) is 25.5. The van der Waals surface area contributed by atoms with Crippen molar-refractivity contribution < 1.29 is 38.6 Å². The zero-order valence-corrected chi connectivity index (χ0v) is 44.9. The molecule has 75 heavy (non-hydrogen) atoms. The third-order valence-electron chi connectivity index (χ3n) is 14.2. The first-order chi connectivity index (χ1) is 35.9. The second kappa shape index (κ2) is 22.6. The number of para-hydroxylation sites is 3. The largest absolute Gasteiger partial charge is 2.00 e. The van der Waals surface area contributed by atoms with Gasteiger partial charge in [-0.05, 0) is 129 Å². The van der Waals surface area contributed by atoms with Crippen LogP contribution < -0.4 is 9.80 Å². The van der Waals surface area contributed by atoms with E-state index in [0.29, 0.717) is 41.8 Å². The van der Waals surface area contributed by atoms with Crippen molar-refractivity contribution in [3.05, 3.63) is 234 Å². The van der Waals surface area contributed by atoms with Gasteiger partial charge in [0, 0.05) is 103 Å². The third kappa shape index (κ3) is 10.8. The van der Waals surface area contributed by atoms with Crippen LogP contribution in [0.5, 0.6) is 0 Å². The minimum Gasteiger partial charge on any atom is -0.342 e. The number of fused-ring (bicyclic) bond motifs is 3. The Hall–Kier alpha value is -7.35. The number of halogens is 4. The van der Waals surface area contributed by atoms with Crippen LogP contribution in [0.2, 0.25) is 0 Å². The van der Waals surface area contributed by atoms with Crippen LogP contribution >= 0.6 is 0 Å². The Morgan fingerprint density at radius 3 is 1.67 bits per heavy atom. The van der Waals surface area contributed by atoms with Crippen LogP contribution in [0.25, 0.3) is 44.3 Å². The zero-order chi connectivity index (χ0) is 51.5. The number of nitrogens with zero attached hydrogens (tertiary/aromatic N) is 5. The Morgan fingerprint density at radius 1 is 0.547 bits per heavy atom. The summed E-state index contributed by atoms with van der Waals surface area (Å²) in [6.07, 6.45) is 4.75. The van der Waals surface area contributed by atoms with E-state index in [1.807, 2.05) is 92.7 Å². The predicted molar refractivity (Wildman–Crippen MR) is 294 cm³/mol. The molecule has 0 spiro atoms. The van der Waals surface area contributed by atoms with E-state index in [1.165, 1.54) is 27.4 Å². The van der Waals surface area contributed by atoms with Crippen LogP contribution in [0.4, 0.5) is 46.0 Å². The van der Waals surface area contributed by atoms with E-state index in [4.69, 9.17) is 9.97 Å². The number of aryl methyl sites for hydroxylation is 1. The summed E-state index contributed by atoms with van der Waals surface area (Å²) in [7, 11) is 0. The van der Waals surface area contributed by atoms with Crippen molar-refractivity contribution in [2.45, 2.75) is 78.2 Å². The Kier molecular flexibility index (Phi) is 15.8. The quantitative estimate of drug-likeness (QED) is 0.0673. The van der Waals surface area contributed by atoms with Gasteiger partial charge in [0.25, 0.3) is 0 Å². The number of rotatable bonds is 17. The van der Waals surface area contributed by atoms with Crippen LogP contribution in [-0.2, 0) is 39.3 Å². The van der Waals surface area contributed by atoms with Crippen LogP contribution in [-0.4, -0.2) is 21.1 Å². The van der Waals surface area contributed by atoms with Crippen molar-refractivity contribution in [1.29, 1.82) is 0 Å². The average molecular weight is 1180 g/mol. The van der Waals surface area contributed by atoms with Gasteiger partial charge in [-0.25, -0.2) is 0 Å². The molecule has 3 heterocycles. The number of benzene rings is 7. The number of hydrogen-bond donors (Lipinski definition) is 0. The van der Waals surface area contributed by atoms with Gasteiger partial charge in [0.2, 0.25) is 0 Å². The monoisotopic (exact) mass is 1180 g/mol. The van der Waals surface area contributed by atoms with Crippen molar-refractivity contribution in [2.24, 2.45) is 0 Å². The van der Waals surface area contributed by atoms with Crippen molar-refractivity contribution in [2.75, 3.05) is 16.3 Å². The molecule has 1 unspecified atom stereocenters. The fourth-order valence-electron chi connectivity index (χ4n) is 10.2. The van der Waals surface area contributed by atoms with Gasteiger partial charge in [-0.1, -0.05) is 135 Å². The van der Waals surface area contributed by atoms with Gasteiger partial charge in [0.05, 0.1) is 0 Å². The molecule has 1 atom stereocenters. The van der Waals surface area contributed by atoms with Gasteiger partial charge in [-0.2, -0.15) is 0 Å². The predicted octanol–water partition coefficient (Wildman–Crippen LogP) is 17.6. The van der Waals surface area contributed by atoms with Gasteiger partial charge in [0.15, 0.2) is 0 Å². The summed E-state index contributed by atoms with van der Waals surface area (Å²) in [4.78, 5) is 14.6. The normalized spacial score (nSPS) is 12.0. The Morgan fingerprint density at radius 2 is 1.08 bits per heavy atom. The van der Waals surface area contributed by atoms with Gasteiger partial charge in [-0.15, -0.1) is 24.3 Å². The van der Waals surface area contributed by atoms with Gasteiger partial charge >= 0.3 is 21.1 Å². The molecular weight excluding hydrogens is 1120 g/mol. The topological polar surface area (TPSA) is 37.2 Å². The molecule has 0 N–H and O–H groups in total. The molecule has 0 aliphatic heterocycles. The smallest absolute Gasteiger partial charge is 0.342 e. The number of hydrogen-bond acceptors (Lipinski definition) is 4. The van der Waals surface area contributed by atoms with Crippen LogP contribution in [0.15, 0.2) is 176 Å². The molecule has 10 heteroatoms. The van der Waals surface area contributed by atoms with Gasteiger partial charge < -0.3 is 24.3 Å². The van der Waals surface area contributed by atoms with E-state index in [2.05, 4.69) is 114 Å². The molecule has 7 aromatic carbocycles. The molecule has 380 valence electrons. The van der Waals surface area contributed by atoms with E-state index in [9.17, 15) is 8.78 Å². The van der Waals surface area contributed by atoms with Crippen LogP contribution in [0.3, 0.4) is 0 Å². The zero-order valence-electron chi connectivity index (χ0n) is 42.6. The molecule has 0 aliphatic rings. The molecule has 0 saturated heterocycles. The maximum atomic E-state index is 16.1. The standard InChI is InChI=1S/C65H57F4N5.Pt/c1-6-17-47(8-3)74-61-23-16-15-22-53(61)56-36-44(26-33-62(56)74)34-35-72(48-18-11-9-12-19-48)51-39-59(54-31-27-45(66)37-57(54)68)70-63(41-51)65(4,5)64-42-52(40-60(71-64)55-32-28-46(67)38-58(55)69)73(49-20-13-10-14-21-49)50-29-24-43(7-2)25-30-50;/h9-16,18-30,33,36-42,47H,6-8,17,34-35H2,1-5H3;/q-2;+2. The van der Waals surface area contributed by atoms with E-state index >= 15 is 8.78 Å². The molecule has 0 saturated carbocycles. The first-order valence-corrected chi connectivity index (χ1v) is 25.5. The summed E-state index contributed by atoms with van der Waals surface area (Å²) >= 11 is 0. The molecule has 10 aromatic rings. The fraction of sp³-hybridized carbons (Fsp3) is 0.200. The Balaban J connectivity index is 0.00000689. The summed E-state index contributed by atoms with van der Waals surface area (Å²) in [6, 6.07) is 61.1. The maximum absolute atomic E-state index is 16.1. The Bertz CT molecular complexity index is 3600. The molecule has 0 bridgehead atoms. The second-order valence-corrected chi connectivity index (χ2v) is 19.4. The van der Waals surface area contributed by atoms with Gasteiger partial charge in [0.1, 0.15) is 0 Å². The van der Waals surface area contributed by atoms with Crippen LogP contribution in [0.1, 0.15) is 82.4 Å². The molecule has 3 aromatic heterocycles. The van der Waals surface area contributed by atoms with Crippen molar-refractivity contribution in [3.8, 4) is 22.5 Å². The van der Waals surface area contributed by atoms with Gasteiger partial charge in [-0.3, -0.25) is 17.6 Å². The van der Waals surface area contributed by atoms with Crippen molar-refractivity contribution in [1.82, 2.24) is 14.5 Å². The minimum absolute atomic E-state index is 0. The average Bonchev–Trinajstić information content (AvgIpc) is 3.75. The second-order valence-electron chi connectivity index (χ2n) is 19.4. The first kappa shape index (κ1) is 52.5. The fourth-order valence-corrected chi connectivity index (χ4v) is 10.2. The summed E-state index contributed by atoms with van der Waals surface area (Å²) < 4.78 is 63.6. The van der Waals surface area contributed by atoms with Crippen molar-refractivity contribution >= 4 is 50.2 Å². The van der Waals surface area contributed by atoms with E-state index in [0.717, 1.165) is 72.6 Å². The maximum Gasteiger partial charge on any atom is 2.00 e. The third-order valence-corrected chi connectivity index (χ3v) is 14.2.